The van der Waals surface area contributed by atoms with Crippen molar-refractivity contribution in [3.63, 3.8) is 0 Å². The van der Waals surface area contributed by atoms with Crippen LogP contribution in [-0.2, 0) is 4.79 Å². The molecule has 1 unspecified atom stereocenters. The van der Waals surface area contributed by atoms with Gasteiger partial charge in [-0.15, -0.1) is 0 Å². The van der Waals surface area contributed by atoms with Crippen LogP contribution in [0.25, 0.3) is 10.9 Å². The van der Waals surface area contributed by atoms with Crippen molar-refractivity contribution in [1.82, 2.24) is 15.2 Å². The van der Waals surface area contributed by atoms with Crippen molar-refractivity contribution >= 4 is 16.8 Å². The first-order valence-corrected chi connectivity index (χ1v) is 10.9. The number of hydrogen-bond donors (Lipinski definition) is 1. The van der Waals surface area contributed by atoms with E-state index < -0.39 is 0 Å². The molecule has 6 heteroatoms. The summed E-state index contributed by atoms with van der Waals surface area (Å²) in [5, 5.41) is 3.94. The van der Waals surface area contributed by atoms with Crippen molar-refractivity contribution in [3.8, 4) is 5.75 Å². The van der Waals surface area contributed by atoms with E-state index in [-0.39, 0.29) is 23.9 Å². The van der Waals surface area contributed by atoms with Crippen LogP contribution in [0.5, 0.6) is 5.75 Å². The highest BCUT2D eigenvalue weighted by Crippen LogP contribution is 2.28. The zero-order valence-corrected chi connectivity index (χ0v) is 17.1. The number of fused-ring (bicyclic) bond motifs is 1. The van der Waals surface area contributed by atoms with Crippen LogP contribution in [0.4, 0.5) is 4.39 Å². The second-order valence-electron chi connectivity index (χ2n) is 8.34. The lowest BCUT2D eigenvalue weighted by molar-refractivity contribution is -0.127. The number of amides is 1. The molecule has 29 heavy (non-hydrogen) atoms. The highest BCUT2D eigenvalue weighted by molar-refractivity contribution is 5.84. The Morgan fingerprint density at radius 1 is 1.17 bits per heavy atom. The second kappa shape index (κ2) is 9.08. The van der Waals surface area contributed by atoms with Crippen LogP contribution in [0.2, 0.25) is 0 Å². The predicted molar refractivity (Wildman–Crippen MR) is 111 cm³/mol. The molecule has 2 aromatic rings. The molecule has 2 aliphatic rings. The van der Waals surface area contributed by atoms with Crippen LogP contribution in [0.15, 0.2) is 30.5 Å². The van der Waals surface area contributed by atoms with Gasteiger partial charge in [0.15, 0.2) is 0 Å². The van der Waals surface area contributed by atoms with Gasteiger partial charge >= 0.3 is 0 Å². The van der Waals surface area contributed by atoms with Gasteiger partial charge in [0.25, 0.3) is 0 Å². The molecule has 1 aliphatic carbocycles. The molecule has 1 aliphatic heterocycles. The molecular formula is C23H30FN3O2. The van der Waals surface area contributed by atoms with E-state index in [0.29, 0.717) is 17.2 Å². The molecular weight excluding hydrogens is 369 g/mol. The summed E-state index contributed by atoms with van der Waals surface area (Å²) in [5.74, 6) is 0.533. The molecule has 1 aromatic carbocycles. The third-order valence-corrected chi connectivity index (χ3v) is 6.31. The summed E-state index contributed by atoms with van der Waals surface area (Å²) in [6.07, 6.45) is 9.39. The van der Waals surface area contributed by atoms with Crippen molar-refractivity contribution in [2.45, 2.75) is 70.1 Å². The summed E-state index contributed by atoms with van der Waals surface area (Å²) in [6.45, 7) is 3.64. The van der Waals surface area contributed by atoms with Crippen LogP contribution in [-0.4, -0.2) is 47.1 Å². The average Bonchev–Trinajstić information content (AvgIpc) is 2.75. The molecule has 1 saturated carbocycles. The molecule has 156 valence electrons. The molecule has 2 heterocycles. The minimum absolute atomic E-state index is 0.0636. The molecule has 1 saturated heterocycles. The number of benzene rings is 1. The Kier molecular flexibility index (Phi) is 6.28. The van der Waals surface area contributed by atoms with Gasteiger partial charge in [-0.2, -0.15) is 0 Å². The lowest BCUT2D eigenvalue weighted by Gasteiger charge is -2.36. The zero-order chi connectivity index (χ0) is 20.2. The fourth-order valence-corrected chi connectivity index (χ4v) is 4.49. The number of ether oxygens (including phenoxy) is 1. The van der Waals surface area contributed by atoms with Gasteiger partial charge in [0.05, 0.1) is 11.6 Å². The Labute approximate surface area is 171 Å². The van der Waals surface area contributed by atoms with Crippen LogP contribution in [0.1, 0.15) is 51.9 Å². The summed E-state index contributed by atoms with van der Waals surface area (Å²) >= 11 is 0. The maximum atomic E-state index is 13.7. The maximum Gasteiger partial charge on any atom is 0.237 e. The molecule has 0 radical (unpaired) electrons. The van der Waals surface area contributed by atoms with E-state index in [1.54, 1.807) is 18.3 Å². The van der Waals surface area contributed by atoms with Gasteiger partial charge in [0.2, 0.25) is 5.91 Å². The van der Waals surface area contributed by atoms with Crippen molar-refractivity contribution in [2.75, 3.05) is 13.1 Å². The van der Waals surface area contributed by atoms with E-state index >= 15 is 0 Å². The van der Waals surface area contributed by atoms with Gasteiger partial charge in [-0.1, -0.05) is 19.3 Å². The average molecular weight is 400 g/mol. The molecule has 1 aromatic heterocycles. The van der Waals surface area contributed by atoms with Gasteiger partial charge in [-0.25, -0.2) is 4.39 Å². The number of carbonyl (C=O) groups excluding carboxylic acids is 1. The number of rotatable bonds is 5. The van der Waals surface area contributed by atoms with Gasteiger partial charge < -0.3 is 10.1 Å². The van der Waals surface area contributed by atoms with Crippen LogP contribution < -0.4 is 10.1 Å². The van der Waals surface area contributed by atoms with Crippen LogP contribution >= 0.6 is 0 Å². The second-order valence-corrected chi connectivity index (χ2v) is 8.34. The topological polar surface area (TPSA) is 54.5 Å². The summed E-state index contributed by atoms with van der Waals surface area (Å²) in [5.41, 5.74) is 0.731. The van der Waals surface area contributed by atoms with Crippen molar-refractivity contribution in [1.29, 1.82) is 0 Å². The van der Waals surface area contributed by atoms with Crippen molar-refractivity contribution < 1.29 is 13.9 Å². The molecule has 2 fully saturated rings. The largest absolute Gasteiger partial charge is 0.490 e. The van der Waals surface area contributed by atoms with E-state index in [0.717, 1.165) is 44.3 Å². The highest BCUT2D eigenvalue weighted by Gasteiger charge is 2.29. The maximum absolute atomic E-state index is 13.7. The number of halogens is 1. The molecule has 5 nitrogen and oxygen atoms in total. The Balaban J connectivity index is 1.31. The predicted octanol–water partition coefficient (Wildman–Crippen LogP) is 4.05. The van der Waals surface area contributed by atoms with Crippen LogP contribution in [0, 0.1) is 5.82 Å². The molecule has 1 atom stereocenters. The monoisotopic (exact) mass is 399 g/mol. The quantitative estimate of drug-likeness (QED) is 0.824. The van der Waals surface area contributed by atoms with Crippen LogP contribution in [0.3, 0.4) is 0 Å². The Bertz CT molecular complexity index is 845. The number of piperidine rings is 1. The molecule has 1 amide bonds. The fraction of sp³-hybridized carbons (Fsp3) is 0.565. The molecule has 0 spiro atoms. The van der Waals surface area contributed by atoms with Gasteiger partial charge in [-0.3, -0.25) is 14.7 Å². The first-order chi connectivity index (χ1) is 14.1. The standard InChI is InChI=1S/C23H30FN3O2/c1-16(23(28)26-18-5-3-2-4-6-18)27-13-10-19(11-14-27)29-22-9-12-25-21-8-7-17(24)15-20(21)22/h7-9,12,15-16,18-19H,2-6,10-11,13-14H2,1H3,(H,26,28). The summed E-state index contributed by atoms with van der Waals surface area (Å²) in [6, 6.07) is 6.59. The van der Waals surface area contributed by atoms with E-state index in [2.05, 4.69) is 15.2 Å². The minimum Gasteiger partial charge on any atom is -0.490 e. The number of hydrogen-bond acceptors (Lipinski definition) is 4. The Morgan fingerprint density at radius 3 is 2.69 bits per heavy atom. The Morgan fingerprint density at radius 2 is 1.93 bits per heavy atom. The third-order valence-electron chi connectivity index (χ3n) is 6.31. The number of nitrogens with one attached hydrogen (secondary N) is 1. The summed E-state index contributed by atoms with van der Waals surface area (Å²) in [7, 11) is 0. The van der Waals surface area contributed by atoms with E-state index in [9.17, 15) is 9.18 Å². The SMILES string of the molecule is CC(C(=O)NC1CCCCC1)N1CCC(Oc2ccnc3ccc(F)cc23)CC1. The van der Waals surface area contributed by atoms with Crippen molar-refractivity contribution in [3.05, 3.63) is 36.3 Å². The zero-order valence-electron chi connectivity index (χ0n) is 17.1. The number of carbonyl (C=O) groups is 1. The fourth-order valence-electron chi connectivity index (χ4n) is 4.49. The highest BCUT2D eigenvalue weighted by atomic mass is 19.1. The van der Waals surface area contributed by atoms with E-state index in [1.165, 1.54) is 31.4 Å². The molecule has 0 bridgehead atoms. The Hall–Kier alpha value is -2.21. The van der Waals surface area contributed by atoms with Gasteiger partial charge in [-0.05, 0) is 56.9 Å². The van der Waals surface area contributed by atoms with Gasteiger partial charge in [0, 0.05) is 30.7 Å². The smallest absolute Gasteiger partial charge is 0.237 e. The number of likely N-dealkylation sites (tertiary alicyclic amines) is 1. The van der Waals surface area contributed by atoms with E-state index in [4.69, 9.17) is 4.74 Å². The third kappa shape index (κ3) is 4.86. The number of nitrogens with zero attached hydrogens (tertiary/aromatic N) is 2. The lowest BCUT2D eigenvalue weighted by Crippen LogP contribution is -2.51. The summed E-state index contributed by atoms with van der Waals surface area (Å²) in [4.78, 5) is 19.2. The van der Waals surface area contributed by atoms with Crippen molar-refractivity contribution in [2.24, 2.45) is 0 Å². The van der Waals surface area contributed by atoms with E-state index in [1.807, 2.05) is 6.92 Å². The summed E-state index contributed by atoms with van der Waals surface area (Å²) < 4.78 is 19.9. The molecule has 1 N–H and O–H groups in total. The van der Waals surface area contributed by atoms with Gasteiger partial charge in [0.1, 0.15) is 17.7 Å². The normalized spacial score (nSPS) is 20.5. The molecule has 4 rings (SSSR count). The first-order valence-electron chi connectivity index (χ1n) is 10.9. The lowest BCUT2D eigenvalue weighted by atomic mass is 9.95. The first kappa shape index (κ1) is 20.1. The number of aromatic nitrogens is 1. The minimum atomic E-state index is -0.289. The number of pyridine rings is 1.